The molecule has 0 radical (unpaired) electrons. The van der Waals surface area contributed by atoms with Gasteiger partial charge in [-0.2, -0.15) is 0 Å². The molecule has 0 fully saturated rings. The molecule has 2 aliphatic heterocycles. The van der Waals surface area contributed by atoms with E-state index >= 15 is 0 Å². The van der Waals surface area contributed by atoms with Gasteiger partial charge in [-0.25, -0.2) is 0 Å². The zero-order valence-electron chi connectivity index (χ0n) is 34.2. The molecule has 8 aromatic carbocycles. The van der Waals surface area contributed by atoms with Crippen LogP contribution in [0.2, 0.25) is 0 Å². The highest BCUT2D eigenvalue weighted by molar-refractivity contribution is 7.28. The van der Waals surface area contributed by atoms with E-state index in [1.54, 1.807) is 0 Å². The lowest BCUT2D eigenvalue weighted by Gasteiger charge is -2.34. The fraction of sp³-hybridized carbons (Fsp3) is 0.0741. The Morgan fingerprint density at radius 2 is 0.951 bits per heavy atom. The molecule has 0 saturated carbocycles. The van der Waals surface area contributed by atoms with Crippen LogP contribution in [0.4, 0.5) is 34.1 Å². The van der Waals surface area contributed by atoms with E-state index in [0.29, 0.717) is 0 Å². The van der Waals surface area contributed by atoms with Crippen molar-refractivity contribution in [3.05, 3.63) is 186 Å². The molecule has 0 atom stereocenters. The lowest BCUT2D eigenvalue weighted by molar-refractivity contribution is 0.461. The Kier molecular flexibility index (Phi) is 8.00. The van der Waals surface area contributed by atoms with Crippen molar-refractivity contribution >= 4 is 99.9 Å². The maximum Gasteiger partial charge on any atom is 0.307 e. The number of aryl methyl sites for hydroxylation is 4. The van der Waals surface area contributed by atoms with Crippen LogP contribution in [0.3, 0.4) is 0 Å². The molecule has 0 N–H and O–H groups in total. The Bertz CT molecular complexity index is 3260. The van der Waals surface area contributed by atoms with E-state index in [9.17, 15) is 0 Å². The van der Waals surface area contributed by atoms with Crippen molar-refractivity contribution < 1.29 is 13.9 Å². The molecule has 0 aliphatic carbocycles. The lowest BCUT2D eigenvalue weighted by atomic mass is 9.37. The second-order valence-electron chi connectivity index (χ2n) is 16.4. The number of rotatable bonds is 6. The molecule has 2 aromatic heterocycles. The van der Waals surface area contributed by atoms with Crippen molar-refractivity contribution in [2.24, 2.45) is 0 Å². The highest BCUT2D eigenvalue weighted by Crippen LogP contribution is 2.50. The van der Waals surface area contributed by atoms with E-state index in [-0.39, 0.29) is 6.71 Å². The van der Waals surface area contributed by atoms with Crippen molar-refractivity contribution in [1.29, 1.82) is 0 Å². The maximum atomic E-state index is 7.35. The van der Waals surface area contributed by atoms with Crippen molar-refractivity contribution in [2.45, 2.75) is 27.7 Å². The van der Waals surface area contributed by atoms with Crippen LogP contribution in [0.1, 0.15) is 22.3 Å². The number of hydrogen-bond acceptors (Lipinski definition) is 6. The summed E-state index contributed by atoms with van der Waals surface area (Å²) in [6, 6.07) is 58.5. The summed E-state index contributed by atoms with van der Waals surface area (Å²) >= 11 is 1.82. The van der Waals surface area contributed by atoms with Gasteiger partial charge in [0.1, 0.15) is 28.5 Å². The third kappa shape index (κ3) is 5.68. The van der Waals surface area contributed by atoms with Gasteiger partial charge in [0.2, 0.25) is 0 Å². The van der Waals surface area contributed by atoms with Gasteiger partial charge in [0.25, 0.3) is 0 Å². The van der Waals surface area contributed by atoms with Crippen molar-refractivity contribution in [3.63, 3.8) is 0 Å². The summed E-state index contributed by atoms with van der Waals surface area (Å²) in [6.07, 6.45) is 0. The molecule has 7 heteroatoms. The van der Waals surface area contributed by atoms with Gasteiger partial charge in [0, 0.05) is 66.6 Å². The first-order valence-electron chi connectivity index (χ1n) is 20.8. The highest BCUT2D eigenvalue weighted by Gasteiger charge is 2.46. The minimum atomic E-state index is -0.289. The predicted octanol–water partition coefficient (Wildman–Crippen LogP) is 13.7. The molecule has 12 rings (SSSR count). The van der Waals surface area contributed by atoms with Gasteiger partial charge in [-0.05, 0) is 99.9 Å². The van der Waals surface area contributed by atoms with Gasteiger partial charge >= 0.3 is 6.71 Å². The van der Waals surface area contributed by atoms with Crippen LogP contribution in [-0.4, -0.2) is 6.71 Å². The van der Waals surface area contributed by atoms with Crippen LogP contribution in [0.15, 0.2) is 168 Å². The van der Waals surface area contributed by atoms with Gasteiger partial charge in [0.05, 0.1) is 16.8 Å². The Balaban J connectivity index is 1.16. The minimum Gasteiger partial charge on any atom is -0.466 e. The number of hydrogen-bond donors (Lipinski definition) is 0. The Morgan fingerprint density at radius 1 is 0.459 bits per heavy atom. The molecule has 10 aromatic rings. The first kappa shape index (κ1) is 35.7. The van der Waals surface area contributed by atoms with E-state index in [1.165, 1.54) is 37.7 Å². The van der Waals surface area contributed by atoms with Gasteiger partial charge in [-0.1, -0.05) is 101 Å². The third-order valence-corrected chi connectivity index (χ3v) is 13.4. The maximum absolute atomic E-state index is 7.35. The largest absolute Gasteiger partial charge is 0.466 e. The van der Waals surface area contributed by atoms with E-state index in [1.807, 2.05) is 23.5 Å². The van der Waals surface area contributed by atoms with E-state index in [4.69, 9.17) is 13.9 Å². The quantitative estimate of drug-likeness (QED) is 0.157. The molecule has 0 bridgehead atoms. The topological polar surface area (TPSA) is 38.1 Å². The number of anilines is 6. The van der Waals surface area contributed by atoms with Crippen molar-refractivity contribution in [2.75, 3.05) is 9.80 Å². The molecular weight excluding hydrogens is 767 g/mol. The first-order chi connectivity index (χ1) is 29.9. The summed E-state index contributed by atoms with van der Waals surface area (Å²) in [4.78, 5) is 4.67. The summed E-state index contributed by atoms with van der Waals surface area (Å²) in [7, 11) is 0. The number of ether oxygens (including phenoxy) is 2. The first-order valence-corrected chi connectivity index (χ1v) is 21.6. The molecule has 0 amide bonds. The Morgan fingerprint density at radius 3 is 1.54 bits per heavy atom. The van der Waals surface area contributed by atoms with Crippen LogP contribution >= 0.6 is 11.3 Å². The fourth-order valence-electron chi connectivity index (χ4n) is 9.20. The van der Waals surface area contributed by atoms with E-state index < -0.39 is 0 Å². The Labute approximate surface area is 358 Å². The van der Waals surface area contributed by atoms with Crippen molar-refractivity contribution in [3.8, 4) is 23.0 Å². The second kappa shape index (κ2) is 13.7. The van der Waals surface area contributed by atoms with Crippen LogP contribution in [0, 0.1) is 27.7 Å². The average molecular weight is 807 g/mol. The summed E-state index contributed by atoms with van der Waals surface area (Å²) in [5.74, 6) is 3.04. The second-order valence-corrected chi connectivity index (χ2v) is 17.5. The molecule has 292 valence electrons. The monoisotopic (exact) mass is 806 g/mol. The number of furan rings is 1. The highest BCUT2D eigenvalue weighted by atomic mass is 32.1. The number of fused-ring (bicyclic) bond motifs is 10. The smallest absolute Gasteiger partial charge is 0.307 e. The molecule has 0 spiro atoms. The number of nitrogens with zero attached hydrogens (tertiary/aromatic N) is 2. The molecular formula is C54H39BN2O3S. The van der Waals surface area contributed by atoms with Crippen molar-refractivity contribution in [1.82, 2.24) is 0 Å². The summed E-state index contributed by atoms with van der Waals surface area (Å²) in [6.45, 7) is 8.22. The number of benzene rings is 8. The molecule has 0 saturated heterocycles. The molecule has 5 nitrogen and oxygen atoms in total. The average Bonchev–Trinajstić information content (AvgIpc) is 3.85. The van der Waals surface area contributed by atoms with Gasteiger partial charge in [-0.15, -0.1) is 11.3 Å². The normalized spacial score (nSPS) is 12.5. The van der Waals surface area contributed by atoms with Gasteiger partial charge in [0.15, 0.2) is 5.75 Å². The van der Waals surface area contributed by atoms with E-state index in [2.05, 4.69) is 189 Å². The minimum absolute atomic E-state index is 0.289. The third-order valence-electron chi connectivity index (χ3n) is 12.2. The lowest BCUT2D eigenvalue weighted by Crippen LogP contribution is -2.57. The van der Waals surface area contributed by atoms with E-state index in [0.717, 1.165) is 89.4 Å². The fourth-order valence-corrected chi connectivity index (χ4v) is 10.5. The Hall–Kier alpha value is -7.22. The number of para-hydroxylation sites is 1. The SMILES string of the molecule is Cc1ccc(N(c2ccc(C)cc2)c2cc3c4c(c2)Oc2c(oc5ccccc25)B4c2c(cc(N(c4ccc(C)cc4)c4ccc(C)cc4)c4c2sc2ccccc24)O3)cc1. The zero-order valence-corrected chi connectivity index (χ0v) is 35.0. The standard InChI is InChI=1S/C54H39BN2O3S/c1-32-13-21-36(22-14-32)56(37-23-15-33(2)16-24-37)40-29-45-50-46(30-40)59-52-41-9-5-7-11-44(41)60-54(52)55(50)51-47(58-45)31-43(49-42-10-6-8-12-48(42)61-53(49)51)57(38-25-17-34(3)18-26-38)39-27-19-35(4)20-28-39/h5-31H,1-4H3. The van der Waals surface area contributed by atoms with Gasteiger partial charge in [-0.3, -0.25) is 0 Å². The summed E-state index contributed by atoms with van der Waals surface area (Å²) < 4.78 is 23.7. The van der Waals surface area contributed by atoms with Crippen LogP contribution in [-0.2, 0) is 0 Å². The van der Waals surface area contributed by atoms with Gasteiger partial charge < -0.3 is 23.7 Å². The van der Waals surface area contributed by atoms with Crippen LogP contribution in [0.5, 0.6) is 23.0 Å². The molecule has 4 heterocycles. The molecule has 0 unspecified atom stereocenters. The predicted molar refractivity (Wildman–Crippen MR) is 255 cm³/mol. The molecule has 2 aliphatic rings. The number of thiophene rings is 1. The zero-order chi connectivity index (χ0) is 40.9. The summed E-state index contributed by atoms with van der Waals surface area (Å²) in [5.41, 5.74) is 14.7. The van der Waals surface area contributed by atoms with Crippen LogP contribution < -0.4 is 35.9 Å². The van der Waals surface area contributed by atoms with Crippen LogP contribution in [0.25, 0.3) is 31.1 Å². The molecule has 61 heavy (non-hydrogen) atoms. The summed E-state index contributed by atoms with van der Waals surface area (Å²) in [5, 5.41) is 3.33.